The molecule has 5 aromatic rings. The van der Waals surface area contributed by atoms with Gasteiger partial charge >= 0.3 is 0 Å². The second-order valence-corrected chi connectivity index (χ2v) is 11.9. The molecule has 1 aromatic heterocycles. The molecule has 202 valence electrons. The van der Waals surface area contributed by atoms with E-state index in [9.17, 15) is 8.42 Å². The number of aromatic nitrogens is 2. The largest absolute Gasteiger partial charge is 0.497 e. The molecule has 0 unspecified atom stereocenters. The Morgan fingerprint density at radius 3 is 2.49 bits per heavy atom. The van der Waals surface area contributed by atoms with Crippen LogP contribution in [0.2, 0.25) is 5.02 Å². The summed E-state index contributed by atoms with van der Waals surface area (Å²) in [6.07, 6.45) is 0.801. The average Bonchev–Trinajstić information content (AvgIpc) is 3.29. The highest BCUT2D eigenvalue weighted by Crippen LogP contribution is 2.38. The standard InChI is InChI=1S/C30H30ClN3O4S/c1-33(2)15-8-16-38-27-19-24(37-3)18-26-29(27)34(20-21-9-6-12-23(31)17-21)32-30(26)39(35,36)28-14-7-11-22-10-4-5-13-25(22)28/h4-7,9-14,17-19H,8,15-16,20H2,1-3H3. The lowest BCUT2D eigenvalue weighted by Crippen LogP contribution is -2.15. The van der Waals surface area contributed by atoms with Crippen molar-refractivity contribution in [3.05, 3.63) is 89.4 Å². The lowest BCUT2D eigenvalue weighted by molar-refractivity contribution is 0.282. The lowest BCUT2D eigenvalue weighted by atomic mass is 10.1. The Labute approximate surface area is 233 Å². The Hall–Kier alpha value is -3.59. The summed E-state index contributed by atoms with van der Waals surface area (Å²) in [7, 11) is 1.54. The van der Waals surface area contributed by atoms with Crippen molar-refractivity contribution < 1.29 is 17.9 Å². The smallest absolute Gasteiger partial charge is 0.226 e. The third-order valence-electron chi connectivity index (χ3n) is 6.51. The first-order valence-corrected chi connectivity index (χ1v) is 14.5. The Kier molecular flexibility index (Phi) is 7.79. The van der Waals surface area contributed by atoms with E-state index in [1.54, 1.807) is 42.1 Å². The van der Waals surface area contributed by atoms with Crippen molar-refractivity contribution in [1.29, 1.82) is 0 Å². The number of benzene rings is 4. The average molecular weight is 564 g/mol. The second kappa shape index (κ2) is 11.3. The van der Waals surface area contributed by atoms with Crippen molar-refractivity contribution in [1.82, 2.24) is 14.7 Å². The van der Waals surface area contributed by atoms with Crippen LogP contribution < -0.4 is 9.47 Å². The van der Waals surface area contributed by atoms with Gasteiger partial charge in [-0.25, -0.2) is 8.42 Å². The number of rotatable bonds is 10. The molecule has 0 spiro atoms. The molecule has 0 aliphatic heterocycles. The van der Waals surface area contributed by atoms with E-state index in [-0.39, 0.29) is 9.92 Å². The van der Waals surface area contributed by atoms with Crippen molar-refractivity contribution >= 4 is 43.1 Å². The fourth-order valence-electron chi connectivity index (χ4n) is 4.67. The number of hydrogen-bond donors (Lipinski definition) is 0. The molecule has 1 heterocycles. The number of ether oxygens (including phenoxy) is 2. The second-order valence-electron chi connectivity index (χ2n) is 9.60. The van der Waals surface area contributed by atoms with Gasteiger partial charge in [0.1, 0.15) is 17.0 Å². The van der Waals surface area contributed by atoms with Crippen molar-refractivity contribution in [2.24, 2.45) is 0 Å². The fourth-order valence-corrected chi connectivity index (χ4v) is 6.48. The lowest BCUT2D eigenvalue weighted by Gasteiger charge is -2.13. The molecule has 0 fully saturated rings. The molecule has 0 N–H and O–H groups in total. The Bertz CT molecular complexity index is 1740. The van der Waals surface area contributed by atoms with Gasteiger partial charge in [0, 0.05) is 28.4 Å². The van der Waals surface area contributed by atoms with Gasteiger partial charge in [-0.15, -0.1) is 0 Å². The maximum Gasteiger partial charge on any atom is 0.226 e. The quantitative estimate of drug-likeness (QED) is 0.192. The molecular weight excluding hydrogens is 534 g/mol. The zero-order valence-electron chi connectivity index (χ0n) is 22.1. The van der Waals surface area contributed by atoms with Gasteiger partial charge in [0.2, 0.25) is 9.84 Å². The normalized spacial score (nSPS) is 11.9. The molecule has 0 atom stereocenters. The molecule has 0 radical (unpaired) electrons. The molecule has 5 rings (SSSR count). The minimum Gasteiger partial charge on any atom is -0.497 e. The van der Waals surface area contributed by atoms with Crippen molar-refractivity contribution in [2.45, 2.75) is 22.9 Å². The molecule has 0 aliphatic carbocycles. The van der Waals surface area contributed by atoms with Gasteiger partial charge < -0.3 is 14.4 Å². The Morgan fingerprint density at radius 2 is 1.72 bits per heavy atom. The topological polar surface area (TPSA) is 73.7 Å². The van der Waals surface area contributed by atoms with Crippen molar-refractivity contribution in [3.8, 4) is 11.5 Å². The highest BCUT2D eigenvalue weighted by atomic mass is 35.5. The van der Waals surface area contributed by atoms with Crippen LogP contribution in [0.4, 0.5) is 0 Å². The van der Waals surface area contributed by atoms with Crippen LogP contribution in [-0.4, -0.2) is 57.5 Å². The van der Waals surface area contributed by atoms with E-state index < -0.39 is 9.84 Å². The van der Waals surface area contributed by atoms with Gasteiger partial charge in [-0.1, -0.05) is 60.1 Å². The first kappa shape index (κ1) is 27.0. The van der Waals surface area contributed by atoms with Crippen LogP contribution in [0.3, 0.4) is 0 Å². The molecule has 0 saturated carbocycles. The molecule has 39 heavy (non-hydrogen) atoms. The van der Waals surface area contributed by atoms with Gasteiger partial charge in [-0.05, 0) is 55.7 Å². The van der Waals surface area contributed by atoms with Crippen molar-refractivity contribution in [2.75, 3.05) is 34.4 Å². The van der Waals surface area contributed by atoms with Gasteiger partial charge in [0.05, 0.1) is 25.2 Å². The third kappa shape index (κ3) is 5.59. The maximum absolute atomic E-state index is 14.2. The first-order chi connectivity index (χ1) is 18.8. The van der Waals surface area contributed by atoms with Crippen LogP contribution in [0, 0.1) is 0 Å². The van der Waals surface area contributed by atoms with Crippen LogP contribution in [0.15, 0.2) is 88.8 Å². The number of sulfone groups is 1. The summed E-state index contributed by atoms with van der Waals surface area (Å²) in [4.78, 5) is 2.29. The van der Waals surface area contributed by atoms with Crippen LogP contribution in [0.5, 0.6) is 11.5 Å². The zero-order valence-corrected chi connectivity index (χ0v) is 23.7. The van der Waals surface area contributed by atoms with Crippen LogP contribution >= 0.6 is 11.6 Å². The summed E-state index contributed by atoms with van der Waals surface area (Å²) in [5.41, 5.74) is 1.47. The summed E-state index contributed by atoms with van der Waals surface area (Å²) in [5, 5.41) is 7.16. The van der Waals surface area contributed by atoms with Gasteiger partial charge in [-0.2, -0.15) is 5.10 Å². The minimum absolute atomic E-state index is 0.0482. The highest BCUT2D eigenvalue weighted by Gasteiger charge is 2.29. The molecule has 0 amide bonds. The molecule has 4 aromatic carbocycles. The number of halogens is 1. The van der Waals surface area contributed by atoms with Crippen LogP contribution in [0.1, 0.15) is 12.0 Å². The van der Waals surface area contributed by atoms with E-state index in [0.717, 1.165) is 23.9 Å². The SMILES string of the molecule is COc1cc(OCCCN(C)C)c2c(c1)c(S(=O)(=O)c1cccc3ccccc13)nn2Cc1cccc(Cl)c1. The van der Waals surface area contributed by atoms with Gasteiger partial charge in [-0.3, -0.25) is 4.68 Å². The van der Waals surface area contributed by atoms with Gasteiger partial charge in [0.25, 0.3) is 0 Å². The van der Waals surface area contributed by atoms with E-state index in [1.165, 1.54) is 0 Å². The number of hydrogen-bond acceptors (Lipinski definition) is 6. The third-order valence-corrected chi connectivity index (χ3v) is 8.49. The Balaban J connectivity index is 1.71. The molecule has 0 bridgehead atoms. The molecule has 0 saturated heterocycles. The van der Waals surface area contributed by atoms with Crippen LogP contribution in [0.25, 0.3) is 21.7 Å². The van der Waals surface area contributed by atoms with E-state index in [2.05, 4.69) is 4.90 Å². The Morgan fingerprint density at radius 1 is 0.949 bits per heavy atom. The van der Waals surface area contributed by atoms with E-state index in [0.29, 0.717) is 46.0 Å². The molecular formula is C30H30ClN3O4S. The number of nitrogens with zero attached hydrogens (tertiary/aromatic N) is 3. The monoisotopic (exact) mass is 563 g/mol. The first-order valence-electron chi connectivity index (χ1n) is 12.6. The predicted molar refractivity (Wildman–Crippen MR) is 155 cm³/mol. The number of fused-ring (bicyclic) bond motifs is 2. The summed E-state index contributed by atoms with van der Waals surface area (Å²) in [6.45, 7) is 1.62. The van der Waals surface area contributed by atoms with E-state index in [1.807, 2.05) is 62.6 Å². The highest BCUT2D eigenvalue weighted by molar-refractivity contribution is 7.91. The zero-order chi connectivity index (χ0) is 27.6. The maximum atomic E-state index is 14.2. The van der Waals surface area contributed by atoms with E-state index >= 15 is 0 Å². The van der Waals surface area contributed by atoms with Crippen molar-refractivity contribution in [3.63, 3.8) is 0 Å². The fraction of sp³-hybridized carbons (Fsp3) is 0.233. The molecule has 7 nitrogen and oxygen atoms in total. The summed E-state index contributed by atoms with van der Waals surface area (Å²) < 4.78 is 42.0. The predicted octanol–water partition coefficient (Wildman–Crippen LogP) is 6.06. The summed E-state index contributed by atoms with van der Waals surface area (Å²) in [5.74, 6) is 0.999. The van der Waals surface area contributed by atoms with Crippen LogP contribution in [-0.2, 0) is 16.4 Å². The summed E-state index contributed by atoms with van der Waals surface area (Å²) in [6, 6.07) is 23.6. The summed E-state index contributed by atoms with van der Waals surface area (Å²) >= 11 is 6.25. The molecule has 9 heteroatoms. The minimum atomic E-state index is -4.03. The van der Waals surface area contributed by atoms with Gasteiger partial charge in [0.15, 0.2) is 5.03 Å². The molecule has 0 aliphatic rings. The van der Waals surface area contributed by atoms with E-state index in [4.69, 9.17) is 26.2 Å². The number of methoxy groups -OCH3 is 1.